The van der Waals surface area contributed by atoms with Crippen molar-refractivity contribution < 1.29 is 19.8 Å². The molecule has 6 nitrogen and oxygen atoms in total. The van der Waals surface area contributed by atoms with Crippen LogP contribution in [0.2, 0.25) is 0 Å². The van der Waals surface area contributed by atoms with Crippen molar-refractivity contribution in [1.82, 2.24) is 4.90 Å². The van der Waals surface area contributed by atoms with E-state index in [9.17, 15) is 9.59 Å². The molecule has 17 heavy (non-hydrogen) atoms. The van der Waals surface area contributed by atoms with Gasteiger partial charge in [-0.1, -0.05) is 0 Å². The number of thiophene rings is 1. The van der Waals surface area contributed by atoms with E-state index in [0.717, 1.165) is 0 Å². The Morgan fingerprint density at radius 2 is 2.24 bits per heavy atom. The number of carboxylic acid groups (broad SMARTS) is 1. The zero-order chi connectivity index (χ0) is 12.4. The van der Waals surface area contributed by atoms with E-state index in [2.05, 4.69) is 5.32 Å². The van der Waals surface area contributed by atoms with E-state index in [1.54, 1.807) is 5.38 Å². The third-order valence-corrected chi connectivity index (χ3v) is 3.45. The van der Waals surface area contributed by atoms with Crippen LogP contribution in [0, 0.1) is 5.92 Å². The number of hydrogen-bond acceptors (Lipinski definition) is 4. The second-order valence-corrected chi connectivity index (χ2v) is 4.77. The Morgan fingerprint density at radius 3 is 2.82 bits per heavy atom. The quantitative estimate of drug-likeness (QED) is 0.749. The van der Waals surface area contributed by atoms with Gasteiger partial charge in [-0.3, -0.25) is 5.32 Å². The number of carbonyl (C=O) groups excluding carboxylic acids is 1. The zero-order valence-corrected chi connectivity index (χ0v) is 9.74. The maximum atomic E-state index is 11.7. The summed E-state index contributed by atoms with van der Waals surface area (Å²) in [6.45, 7) is 1.09. The predicted molar refractivity (Wildman–Crippen MR) is 62.4 cm³/mol. The number of rotatable bonds is 3. The van der Waals surface area contributed by atoms with Crippen molar-refractivity contribution in [3.63, 3.8) is 0 Å². The van der Waals surface area contributed by atoms with Crippen molar-refractivity contribution in [1.29, 1.82) is 0 Å². The Labute approximate surface area is 101 Å². The molecule has 1 aromatic rings. The van der Waals surface area contributed by atoms with Gasteiger partial charge in [-0.15, -0.1) is 11.3 Å². The molecule has 0 spiro atoms. The number of aliphatic hydroxyl groups excluding tert-OH is 1. The molecule has 0 bridgehead atoms. The minimum absolute atomic E-state index is 0.0726. The standard InChI is InChI=1S/C10H12N2O4S/c13-5-6-3-12(4-6)10(16)11-8-7(9(14)15)1-2-17-8/h1-2,6,13H,3-5H2,(H,11,16)(H,14,15). The molecule has 1 saturated heterocycles. The van der Waals surface area contributed by atoms with E-state index in [0.29, 0.717) is 18.1 Å². The van der Waals surface area contributed by atoms with Crippen molar-refractivity contribution in [3.05, 3.63) is 17.0 Å². The number of nitrogens with one attached hydrogen (secondary N) is 1. The fourth-order valence-corrected chi connectivity index (χ4v) is 2.37. The minimum atomic E-state index is -1.06. The number of carboxylic acids is 1. The van der Waals surface area contributed by atoms with Crippen LogP contribution < -0.4 is 5.32 Å². The van der Waals surface area contributed by atoms with E-state index in [4.69, 9.17) is 10.2 Å². The van der Waals surface area contributed by atoms with E-state index >= 15 is 0 Å². The van der Waals surface area contributed by atoms with Crippen molar-refractivity contribution in [2.24, 2.45) is 5.92 Å². The SMILES string of the molecule is O=C(O)c1ccsc1NC(=O)N1CC(CO)C1. The average molecular weight is 256 g/mol. The molecular weight excluding hydrogens is 244 g/mol. The van der Waals surface area contributed by atoms with Gasteiger partial charge in [0.15, 0.2) is 0 Å². The number of aliphatic hydroxyl groups is 1. The number of amides is 2. The van der Waals surface area contributed by atoms with E-state index < -0.39 is 5.97 Å². The van der Waals surface area contributed by atoms with Crippen LogP contribution >= 0.6 is 11.3 Å². The van der Waals surface area contributed by atoms with Gasteiger partial charge in [-0.2, -0.15) is 0 Å². The Bertz CT molecular complexity index is 439. The van der Waals surface area contributed by atoms with Crippen LogP contribution in [0.25, 0.3) is 0 Å². The summed E-state index contributed by atoms with van der Waals surface area (Å²) >= 11 is 1.18. The van der Waals surface area contributed by atoms with Crippen LogP contribution in [0.4, 0.5) is 9.80 Å². The van der Waals surface area contributed by atoms with Crippen LogP contribution in [0.1, 0.15) is 10.4 Å². The third kappa shape index (κ3) is 2.40. The Balaban J connectivity index is 1.95. The lowest BCUT2D eigenvalue weighted by Gasteiger charge is -2.37. The molecule has 0 saturated carbocycles. The normalized spacial score (nSPS) is 15.5. The molecular formula is C10H12N2O4S. The first-order valence-electron chi connectivity index (χ1n) is 5.09. The van der Waals surface area contributed by atoms with Crippen LogP contribution in [-0.4, -0.2) is 46.8 Å². The molecule has 3 N–H and O–H groups in total. The summed E-state index contributed by atoms with van der Waals surface area (Å²) in [5, 5.41) is 22.2. The Morgan fingerprint density at radius 1 is 1.53 bits per heavy atom. The molecule has 1 fully saturated rings. The minimum Gasteiger partial charge on any atom is -0.478 e. The van der Waals surface area contributed by atoms with Crippen molar-refractivity contribution in [2.75, 3.05) is 25.0 Å². The number of urea groups is 1. The predicted octanol–water partition coefficient (Wildman–Crippen LogP) is 0.902. The summed E-state index contributed by atoms with van der Waals surface area (Å²) in [5.74, 6) is -0.915. The fourth-order valence-electron chi connectivity index (χ4n) is 1.60. The van der Waals surface area contributed by atoms with Gasteiger partial charge in [0.05, 0.1) is 5.56 Å². The highest BCUT2D eigenvalue weighted by Gasteiger charge is 2.30. The molecule has 92 valence electrons. The maximum absolute atomic E-state index is 11.7. The summed E-state index contributed by atoms with van der Waals surface area (Å²) in [6, 6.07) is 1.13. The number of hydrogen-bond donors (Lipinski definition) is 3. The highest BCUT2D eigenvalue weighted by atomic mass is 32.1. The topological polar surface area (TPSA) is 89.9 Å². The zero-order valence-electron chi connectivity index (χ0n) is 8.92. The third-order valence-electron chi connectivity index (χ3n) is 2.62. The van der Waals surface area contributed by atoms with Crippen LogP contribution in [0.15, 0.2) is 11.4 Å². The van der Waals surface area contributed by atoms with Gasteiger partial charge in [0, 0.05) is 25.6 Å². The van der Waals surface area contributed by atoms with Gasteiger partial charge in [-0.05, 0) is 11.4 Å². The molecule has 2 rings (SSSR count). The van der Waals surface area contributed by atoms with Crippen LogP contribution in [0.5, 0.6) is 0 Å². The molecule has 0 radical (unpaired) electrons. The monoisotopic (exact) mass is 256 g/mol. The van der Waals surface area contributed by atoms with E-state index in [-0.39, 0.29) is 24.1 Å². The van der Waals surface area contributed by atoms with Gasteiger partial charge in [0.2, 0.25) is 0 Å². The Hall–Kier alpha value is -1.60. The first-order valence-corrected chi connectivity index (χ1v) is 5.97. The summed E-state index contributed by atoms with van der Waals surface area (Å²) in [4.78, 5) is 24.0. The number of aromatic carboxylic acids is 1. The highest BCUT2D eigenvalue weighted by molar-refractivity contribution is 7.14. The molecule has 0 aromatic carbocycles. The largest absolute Gasteiger partial charge is 0.478 e. The molecule has 0 aliphatic carbocycles. The maximum Gasteiger partial charge on any atom is 0.338 e. The van der Waals surface area contributed by atoms with Crippen LogP contribution in [-0.2, 0) is 0 Å². The van der Waals surface area contributed by atoms with E-state index in [1.165, 1.54) is 22.3 Å². The smallest absolute Gasteiger partial charge is 0.338 e. The number of likely N-dealkylation sites (tertiary alicyclic amines) is 1. The molecule has 2 amide bonds. The van der Waals surface area contributed by atoms with Crippen molar-refractivity contribution >= 4 is 28.3 Å². The molecule has 1 aliphatic heterocycles. The Kier molecular flexibility index (Phi) is 3.30. The van der Waals surface area contributed by atoms with Gasteiger partial charge >= 0.3 is 12.0 Å². The first kappa shape index (κ1) is 11.9. The summed E-state index contributed by atoms with van der Waals surface area (Å²) in [6.07, 6.45) is 0. The fraction of sp³-hybridized carbons (Fsp3) is 0.400. The number of anilines is 1. The second-order valence-electron chi connectivity index (χ2n) is 3.85. The lowest BCUT2D eigenvalue weighted by Crippen LogP contribution is -2.52. The lowest BCUT2D eigenvalue weighted by molar-refractivity contribution is 0.0698. The second kappa shape index (κ2) is 4.72. The average Bonchev–Trinajstić information content (AvgIpc) is 2.64. The molecule has 1 aromatic heterocycles. The van der Waals surface area contributed by atoms with Gasteiger partial charge in [-0.25, -0.2) is 9.59 Å². The van der Waals surface area contributed by atoms with E-state index in [1.807, 2.05) is 0 Å². The molecule has 0 atom stereocenters. The summed E-state index contributed by atoms with van der Waals surface area (Å²) in [5.41, 5.74) is 0.0996. The first-order chi connectivity index (χ1) is 8.11. The molecule has 7 heteroatoms. The molecule has 0 unspecified atom stereocenters. The van der Waals surface area contributed by atoms with Gasteiger partial charge in [0.1, 0.15) is 5.00 Å². The molecule has 2 heterocycles. The number of carbonyl (C=O) groups is 2. The van der Waals surface area contributed by atoms with Crippen LogP contribution in [0.3, 0.4) is 0 Å². The van der Waals surface area contributed by atoms with Gasteiger partial charge < -0.3 is 15.1 Å². The lowest BCUT2D eigenvalue weighted by atomic mass is 10.0. The summed E-state index contributed by atoms with van der Waals surface area (Å²) in [7, 11) is 0. The van der Waals surface area contributed by atoms with Crippen molar-refractivity contribution in [3.8, 4) is 0 Å². The van der Waals surface area contributed by atoms with Gasteiger partial charge in [0.25, 0.3) is 0 Å². The number of nitrogens with zero attached hydrogens (tertiary/aromatic N) is 1. The molecule has 1 aliphatic rings. The summed E-state index contributed by atoms with van der Waals surface area (Å²) < 4.78 is 0. The highest BCUT2D eigenvalue weighted by Crippen LogP contribution is 2.24. The van der Waals surface area contributed by atoms with Crippen molar-refractivity contribution in [2.45, 2.75) is 0 Å².